The fourth-order valence-corrected chi connectivity index (χ4v) is 7.56. The fraction of sp³-hybridized carbons (Fsp3) is 0.963. The van der Waals surface area contributed by atoms with Crippen molar-refractivity contribution in [2.45, 2.75) is 148 Å². The van der Waals surface area contributed by atoms with E-state index in [1.54, 1.807) is 0 Å². The molecule has 1 rings (SSSR count). The van der Waals surface area contributed by atoms with Crippen LogP contribution in [0.15, 0.2) is 0 Å². The van der Waals surface area contributed by atoms with Crippen molar-refractivity contribution in [2.75, 3.05) is 11.0 Å². The van der Waals surface area contributed by atoms with Crippen LogP contribution in [0.2, 0.25) is 54.4 Å². The van der Waals surface area contributed by atoms with Gasteiger partial charge in [-0.3, -0.25) is 0 Å². The summed E-state index contributed by atoms with van der Waals surface area (Å²) in [4.78, 5) is 13.0. The molecule has 220 valence electrons. The van der Waals surface area contributed by atoms with Crippen molar-refractivity contribution in [1.29, 1.82) is 0 Å². The molecule has 0 aliphatic carbocycles. The van der Waals surface area contributed by atoms with Crippen LogP contribution < -0.4 is 5.32 Å². The average molecular weight is 688 g/mol. The fourth-order valence-electron chi connectivity index (χ4n) is 3.41. The van der Waals surface area contributed by atoms with Gasteiger partial charge < -0.3 is 23.3 Å². The molecule has 37 heavy (non-hydrogen) atoms. The highest BCUT2D eigenvalue weighted by atomic mass is 127. The molecule has 1 heterocycles. The minimum atomic E-state index is -2.20. The molecule has 0 aromatic carbocycles. The predicted molar refractivity (Wildman–Crippen MR) is 173 cm³/mol. The van der Waals surface area contributed by atoms with Gasteiger partial charge in [-0.1, -0.05) is 91.8 Å². The summed E-state index contributed by atoms with van der Waals surface area (Å²) in [6.07, 6.45) is -1.39. The smallest absolute Gasteiger partial charge is 0.407 e. The lowest BCUT2D eigenvalue weighted by molar-refractivity contribution is -0.0829. The van der Waals surface area contributed by atoms with Crippen LogP contribution in [0.4, 0.5) is 4.79 Å². The molecular weight excluding hydrogens is 629 g/mol. The molecule has 1 saturated heterocycles. The Labute approximate surface area is 245 Å². The molecule has 0 aromatic heterocycles. The maximum atomic E-state index is 13.0. The van der Waals surface area contributed by atoms with Crippen molar-refractivity contribution < 1.29 is 22.8 Å². The number of rotatable bonds is 10. The minimum absolute atomic E-state index is 0.0160. The number of alkyl halides is 1. The minimum Gasteiger partial charge on any atom is -0.443 e. The van der Waals surface area contributed by atoms with Crippen LogP contribution in [0.5, 0.6) is 0 Å². The molecule has 0 bridgehead atoms. The van der Waals surface area contributed by atoms with Crippen molar-refractivity contribution in [3.63, 3.8) is 0 Å². The van der Waals surface area contributed by atoms with Crippen LogP contribution in [0.25, 0.3) is 0 Å². The number of hydrogen-bond donors (Lipinski definition) is 1. The summed E-state index contributed by atoms with van der Waals surface area (Å²) in [6, 6.07) is -0.357. The first kappa shape index (κ1) is 35.6. The highest BCUT2D eigenvalue weighted by molar-refractivity contribution is 14.1. The summed E-state index contributed by atoms with van der Waals surface area (Å²) < 4.78 is 27.8. The highest BCUT2D eigenvalue weighted by Gasteiger charge is 2.52. The second-order valence-corrected chi connectivity index (χ2v) is 30.7. The number of nitrogens with one attached hydrogen (secondary N) is 1. The van der Waals surface area contributed by atoms with E-state index in [1.165, 1.54) is 0 Å². The summed E-state index contributed by atoms with van der Waals surface area (Å²) in [6.45, 7) is 36.4. The zero-order chi connectivity index (χ0) is 29.4. The molecular formula is C27H58INO5Si3. The average Bonchev–Trinajstić information content (AvgIpc) is 2.68. The summed E-state index contributed by atoms with van der Waals surface area (Å²) in [5.74, 6) is 0.152. The van der Waals surface area contributed by atoms with Crippen LogP contribution in [0.3, 0.4) is 0 Å². The maximum absolute atomic E-state index is 13.0. The first-order valence-corrected chi connectivity index (χ1v) is 24.0. The van der Waals surface area contributed by atoms with Crippen molar-refractivity contribution in [3.8, 4) is 0 Å². The Balaban J connectivity index is 3.62. The van der Waals surface area contributed by atoms with E-state index in [-0.39, 0.29) is 45.4 Å². The van der Waals surface area contributed by atoms with Crippen LogP contribution in [0.1, 0.15) is 69.2 Å². The first-order valence-electron chi connectivity index (χ1n) is 13.8. The van der Waals surface area contributed by atoms with Gasteiger partial charge in [0.15, 0.2) is 25.0 Å². The standard InChI is InChI=1S/C27H58INO5Si3/c1-19(17-28)22-23(34-37(15,16)27(8,9)10)21(29-24(30)32-22)20(33-36(13,14)26(5,6)7)18-31-35(11,12)25(2,3)4/h19-23H,17-18H2,1-16H3,(H,29,30)/t19-,20+,21-,22-,23-/m0/s1. The lowest BCUT2D eigenvalue weighted by Gasteiger charge is -2.50. The number of cyclic esters (lactones) is 1. The van der Waals surface area contributed by atoms with Crippen molar-refractivity contribution in [1.82, 2.24) is 5.32 Å². The molecule has 1 fully saturated rings. The third-order valence-electron chi connectivity index (χ3n) is 9.31. The molecule has 1 amide bonds. The number of ether oxygens (including phenoxy) is 1. The number of amides is 1. The van der Waals surface area contributed by atoms with Crippen LogP contribution >= 0.6 is 22.6 Å². The van der Waals surface area contributed by atoms with Crippen molar-refractivity contribution >= 4 is 53.6 Å². The topological polar surface area (TPSA) is 66.0 Å². The van der Waals surface area contributed by atoms with E-state index in [2.05, 4.69) is 136 Å². The van der Waals surface area contributed by atoms with E-state index in [9.17, 15) is 4.79 Å². The molecule has 0 unspecified atom stereocenters. The molecule has 1 aliphatic rings. The van der Waals surface area contributed by atoms with Crippen LogP contribution in [0, 0.1) is 5.92 Å². The van der Waals surface area contributed by atoms with Gasteiger partial charge in [-0.2, -0.15) is 0 Å². The SMILES string of the molecule is C[C@@H](CI)[C@@H]1OC(=O)N[C@@H]([C@@H](CO[Si](C)(C)C(C)(C)C)O[Si](C)(C)C(C)(C)C)[C@@H]1O[Si](C)(C)C(C)(C)C. The van der Waals surface area contributed by atoms with Crippen molar-refractivity contribution in [3.05, 3.63) is 0 Å². The molecule has 10 heteroatoms. The van der Waals surface area contributed by atoms with Gasteiger partial charge in [0.2, 0.25) is 0 Å². The Morgan fingerprint density at radius 2 is 1.32 bits per heavy atom. The van der Waals surface area contributed by atoms with Crippen molar-refractivity contribution in [2.24, 2.45) is 5.92 Å². The Kier molecular flexibility index (Phi) is 11.7. The van der Waals surface area contributed by atoms with E-state index < -0.39 is 31.0 Å². The van der Waals surface area contributed by atoms with Gasteiger partial charge in [0.05, 0.1) is 18.8 Å². The van der Waals surface area contributed by atoms with Gasteiger partial charge in [0.25, 0.3) is 0 Å². The summed E-state index contributed by atoms with van der Waals surface area (Å²) >= 11 is 2.38. The Morgan fingerprint density at radius 3 is 1.73 bits per heavy atom. The maximum Gasteiger partial charge on any atom is 0.407 e. The predicted octanol–water partition coefficient (Wildman–Crippen LogP) is 8.34. The summed E-state index contributed by atoms with van der Waals surface area (Å²) in [5, 5.41) is 3.27. The van der Waals surface area contributed by atoms with Crippen LogP contribution in [-0.2, 0) is 18.0 Å². The molecule has 0 radical (unpaired) electrons. The number of carbonyl (C=O) groups is 1. The number of hydrogen-bond acceptors (Lipinski definition) is 5. The van der Waals surface area contributed by atoms with Gasteiger partial charge in [-0.05, 0) is 54.4 Å². The van der Waals surface area contributed by atoms with Gasteiger partial charge in [-0.25, -0.2) is 4.79 Å². The van der Waals surface area contributed by atoms with E-state index in [0.29, 0.717) is 6.61 Å². The third kappa shape index (κ3) is 9.01. The molecule has 6 nitrogen and oxygen atoms in total. The van der Waals surface area contributed by atoms with Gasteiger partial charge in [-0.15, -0.1) is 0 Å². The lowest BCUT2D eigenvalue weighted by atomic mass is 9.92. The Morgan fingerprint density at radius 1 is 0.865 bits per heavy atom. The Hall–Kier alpha value is 0.531. The Bertz CT molecular complexity index is 771. The highest BCUT2D eigenvalue weighted by Crippen LogP contribution is 2.42. The molecule has 0 aromatic rings. The zero-order valence-electron chi connectivity index (χ0n) is 26.7. The van der Waals surface area contributed by atoms with E-state index in [4.69, 9.17) is 18.0 Å². The number of alkyl carbamates (subject to hydrolysis) is 1. The molecule has 1 aliphatic heterocycles. The second-order valence-electron chi connectivity index (χ2n) is 15.5. The summed E-state index contributed by atoms with van der Waals surface area (Å²) in [7, 11) is -6.45. The van der Waals surface area contributed by atoms with E-state index in [0.717, 1.165) is 4.43 Å². The normalized spacial score (nSPS) is 24.4. The zero-order valence-corrected chi connectivity index (χ0v) is 31.9. The van der Waals surface area contributed by atoms with Crippen LogP contribution in [-0.4, -0.2) is 66.4 Å². The van der Waals surface area contributed by atoms with E-state index >= 15 is 0 Å². The molecule has 0 saturated carbocycles. The second kappa shape index (κ2) is 12.2. The van der Waals surface area contributed by atoms with Gasteiger partial charge >= 0.3 is 6.09 Å². The quantitative estimate of drug-likeness (QED) is 0.142. The molecule has 0 spiro atoms. The molecule has 1 N–H and O–H groups in total. The monoisotopic (exact) mass is 687 g/mol. The summed E-state index contributed by atoms with van der Waals surface area (Å²) in [5.41, 5.74) is 0. The molecule has 5 atom stereocenters. The largest absolute Gasteiger partial charge is 0.443 e. The number of halogens is 1. The third-order valence-corrected chi connectivity index (χ3v) is 24.2. The van der Waals surface area contributed by atoms with E-state index in [1.807, 2.05) is 0 Å². The lowest BCUT2D eigenvalue weighted by Crippen LogP contribution is -2.68. The van der Waals surface area contributed by atoms with Gasteiger partial charge in [0.1, 0.15) is 12.2 Å². The van der Waals surface area contributed by atoms with Gasteiger partial charge in [0, 0.05) is 10.3 Å². The first-order chi connectivity index (χ1) is 16.3. The number of carbonyl (C=O) groups excluding carboxylic acids is 1.